The molecule has 2 aromatic heterocycles. The SMILES string of the molecule is C=C(CCNC(=O)COc1ccc(Cl)c(F)c1)c1nnc(C2CC(n3ccnn3)C2)o1. The van der Waals surface area contributed by atoms with Crippen molar-refractivity contribution in [3.63, 3.8) is 0 Å². The largest absolute Gasteiger partial charge is 0.484 e. The molecular formula is C20H20ClFN6O3. The van der Waals surface area contributed by atoms with E-state index in [2.05, 4.69) is 32.4 Å². The van der Waals surface area contributed by atoms with Gasteiger partial charge in [0.05, 0.1) is 17.3 Å². The second kappa shape index (κ2) is 9.25. The van der Waals surface area contributed by atoms with Crippen LogP contribution in [0.4, 0.5) is 4.39 Å². The number of nitrogens with zero attached hydrogens (tertiary/aromatic N) is 5. The van der Waals surface area contributed by atoms with Gasteiger partial charge in [-0.05, 0) is 31.4 Å². The third-order valence-electron chi connectivity index (χ3n) is 5.03. The van der Waals surface area contributed by atoms with Crippen LogP contribution in [-0.2, 0) is 4.79 Å². The molecule has 1 aromatic carbocycles. The van der Waals surface area contributed by atoms with Gasteiger partial charge in [0.1, 0.15) is 11.6 Å². The third kappa shape index (κ3) is 5.08. The number of nitrogens with one attached hydrogen (secondary N) is 1. The number of ether oxygens (including phenoxy) is 1. The summed E-state index contributed by atoms with van der Waals surface area (Å²) in [4.78, 5) is 11.9. The third-order valence-corrected chi connectivity index (χ3v) is 5.34. The van der Waals surface area contributed by atoms with Crippen LogP contribution >= 0.6 is 11.6 Å². The molecule has 11 heteroatoms. The molecule has 3 aromatic rings. The van der Waals surface area contributed by atoms with Gasteiger partial charge in [-0.25, -0.2) is 9.07 Å². The van der Waals surface area contributed by atoms with Crippen molar-refractivity contribution in [3.05, 3.63) is 59.8 Å². The molecule has 0 aliphatic heterocycles. The summed E-state index contributed by atoms with van der Waals surface area (Å²) in [6, 6.07) is 4.28. The maximum absolute atomic E-state index is 13.4. The second-order valence-electron chi connectivity index (χ2n) is 7.22. The Kier molecular flexibility index (Phi) is 6.26. The first-order chi connectivity index (χ1) is 15.0. The van der Waals surface area contributed by atoms with Crippen LogP contribution in [-0.4, -0.2) is 44.3 Å². The Morgan fingerprint density at radius 1 is 1.39 bits per heavy atom. The first-order valence-electron chi connectivity index (χ1n) is 9.71. The Morgan fingerprint density at radius 2 is 2.23 bits per heavy atom. The van der Waals surface area contributed by atoms with Gasteiger partial charge < -0.3 is 14.5 Å². The second-order valence-corrected chi connectivity index (χ2v) is 7.63. The molecular weight excluding hydrogens is 427 g/mol. The Balaban J connectivity index is 1.17. The maximum Gasteiger partial charge on any atom is 0.257 e. The quantitative estimate of drug-likeness (QED) is 0.537. The van der Waals surface area contributed by atoms with Crippen molar-refractivity contribution < 1.29 is 18.3 Å². The minimum Gasteiger partial charge on any atom is -0.484 e. The van der Waals surface area contributed by atoms with Crippen LogP contribution < -0.4 is 10.1 Å². The monoisotopic (exact) mass is 446 g/mol. The fraction of sp³-hybridized carbons (Fsp3) is 0.350. The van der Waals surface area contributed by atoms with E-state index >= 15 is 0 Å². The molecule has 31 heavy (non-hydrogen) atoms. The predicted octanol–water partition coefficient (Wildman–Crippen LogP) is 3.17. The summed E-state index contributed by atoms with van der Waals surface area (Å²) in [6.45, 7) is 4.03. The molecule has 0 saturated heterocycles. The summed E-state index contributed by atoms with van der Waals surface area (Å²) in [5.74, 6) is 0.412. The topological polar surface area (TPSA) is 108 Å². The Morgan fingerprint density at radius 3 is 2.97 bits per heavy atom. The van der Waals surface area contributed by atoms with Gasteiger partial charge in [0.25, 0.3) is 5.91 Å². The van der Waals surface area contributed by atoms with Crippen molar-refractivity contribution in [2.75, 3.05) is 13.2 Å². The van der Waals surface area contributed by atoms with Gasteiger partial charge in [-0.2, -0.15) is 0 Å². The van der Waals surface area contributed by atoms with Crippen LogP contribution in [0.2, 0.25) is 5.02 Å². The fourth-order valence-corrected chi connectivity index (χ4v) is 3.30. The molecule has 0 unspecified atom stereocenters. The number of halogens is 2. The maximum atomic E-state index is 13.4. The number of amides is 1. The highest BCUT2D eigenvalue weighted by Crippen LogP contribution is 2.43. The average Bonchev–Trinajstić information content (AvgIpc) is 3.40. The van der Waals surface area contributed by atoms with Gasteiger partial charge in [-0.1, -0.05) is 23.4 Å². The number of rotatable bonds is 9. The van der Waals surface area contributed by atoms with Crippen molar-refractivity contribution in [1.82, 2.24) is 30.5 Å². The van der Waals surface area contributed by atoms with Crippen LogP contribution in [0.25, 0.3) is 5.57 Å². The summed E-state index contributed by atoms with van der Waals surface area (Å²) in [5, 5.41) is 18.7. The van der Waals surface area contributed by atoms with Gasteiger partial charge in [0, 0.05) is 30.3 Å². The highest BCUT2D eigenvalue weighted by Gasteiger charge is 2.36. The fourth-order valence-electron chi connectivity index (χ4n) is 3.19. The minimum absolute atomic E-state index is 0.00756. The molecule has 1 amide bonds. The number of hydrogen-bond donors (Lipinski definition) is 1. The molecule has 4 rings (SSSR count). The van der Waals surface area contributed by atoms with Crippen LogP contribution in [0.1, 0.15) is 43.0 Å². The molecule has 1 N–H and O–H groups in total. The van der Waals surface area contributed by atoms with Gasteiger partial charge in [0.2, 0.25) is 11.8 Å². The zero-order valence-corrected chi connectivity index (χ0v) is 17.3. The van der Waals surface area contributed by atoms with E-state index in [1.165, 1.54) is 12.1 Å². The molecule has 1 fully saturated rings. The molecule has 1 aliphatic carbocycles. The summed E-state index contributed by atoms with van der Waals surface area (Å²) in [6.07, 6.45) is 5.67. The summed E-state index contributed by atoms with van der Waals surface area (Å²) in [5.41, 5.74) is 0.631. The van der Waals surface area contributed by atoms with E-state index in [4.69, 9.17) is 20.8 Å². The summed E-state index contributed by atoms with van der Waals surface area (Å²) < 4.78 is 26.2. The lowest BCUT2D eigenvalue weighted by Crippen LogP contribution is -2.29. The zero-order valence-electron chi connectivity index (χ0n) is 16.5. The lowest BCUT2D eigenvalue weighted by molar-refractivity contribution is -0.123. The Hall–Kier alpha value is -3.27. The molecule has 2 heterocycles. The van der Waals surface area contributed by atoms with Gasteiger partial charge in [0.15, 0.2) is 6.61 Å². The van der Waals surface area contributed by atoms with Crippen molar-refractivity contribution >= 4 is 23.1 Å². The Bertz CT molecular complexity index is 1060. The number of aromatic nitrogens is 5. The summed E-state index contributed by atoms with van der Waals surface area (Å²) >= 11 is 5.61. The highest BCUT2D eigenvalue weighted by molar-refractivity contribution is 6.30. The van der Waals surface area contributed by atoms with E-state index in [1.807, 2.05) is 10.9 Å². The van der Waals surface area contributed by atoms with E-state index < -0.39 is 5.82 Å². The van der Waals surface area contributed by atoms with E-state index in [1.54, 1.807) is 6.20 Å². The molecule has 0 spiro atoms. The van der Waals surface area contributed by atoms with Crippen molar-refractivity contribution in [2.45, 2.75) is 31.2 Å². The Labute approximate surface area is 182 Å². The van der Waals surface area contributed by atoms with E-state index in [9.17, 15) is 9.18 Å². The zero-order chi connectivity index (χ0) is 21.8. The lowest BCUT2D eigenvalue weighted by atomic mass is 9.80. The van der Waals surface area contributed by atoms with Crippen molar-refractivity contribution in [2.24, 2.45) is 0 Å². The summed E-state index contributed by atoms with van der Waals surface area (Å²) in [7, 11) is 0. The number of benzene rings is 1. The van der Waals surface area contributed by atoms with E-state index in [0.29, 0.717) is 36.4 Å². The standard InChI is InChI=1S/C20H20ClFN6O3/c1-12(4-5-23-18(29)11-30-15-2-3-16(21)17(22)10-15)19-25-26-20(31-19)13-8-14(9-13)28-7-6-24-27-28/h2-3,6-7,10,13-14H,1,4-5,8-9,11H2,(H,23,29). The first kappa shape index (κ1) is 21.0. The molecule has 9 nitrogen and oxygen atoms in total. The first-order valence-corrected chi connectivity index (χ1v) is 10.1. The predicted molar refractivity (Wildman–Crippen MR) is 109 cm³/mol. The van der Waals surface area contributed by atoms with E-state index in [-0.39, 0.29) is 29.2 Å². The van der Waals surface area contributed by atoms with E-state index in [0.717, 1.165) is 18.9 Å². The van der Waals surface area contributed by atoms with Crippen LogP contribution in [0.3, 0.4) is 0 Å². The van der Waals surface area contributed by atoms with Crippen LogP contribution in [0.5, 0.6) is 5.75 Å². The van der Waals surface area contributed by atoms with Crippen LogP contribution in [0.15, 0.2) is 41.6 Å². The normalized spacial score (nSPS) is 17.7. The number of carbonyl (C=O) groups is 1. The smallest absolute Gasteiger partial charge is 0.257 e. The molecule has 0 atom stereocenters. The molecule has 1 aliphatic rings. The minimum atomic E-state index is -0.606. The molecule has 162 valence electrons. The van der Waals surface area contributed by atoms with Gasteiger partial charge in [-0.3, -0.25) is 4.79 Å². The number of carbonyl (C=O) groups excluding carboxylic acids is 1. The van der Waals surface area contributed by atoms with Crippen LogP contribution in [0, 0.1) is 5.82 Å². The molecule has 1 saturated carbocycles. The highest BCUT2D eigenvalue weighted by atomic mass is 35.5. The molecule has 0 bridgehead atoms. The van der Waals surface area contributed by atoms with Crippen molar-refractivity contribution in [1.29, 1.82) is 0 Å². The van der Waals surface area contributed by atoms with Crippen molar-refractivity contribution in [3.8, 4) is 5.75 Å². The lowest BCUT2D eigenvalue weighted by Gasteiger charge is -2.32. The number of hydrogen-bond acceptors (Lipinski definition) is 7. The van der Waals surface area contributed by atoms with Gasteiger partial charge >= 0.3 is 0 Å². The van der Waals surface area contributed by atoms with Gasteiger partial charge in [-0.15, -0.1) is 15.3 Å². The average molecular weight is 447 g/mol. The molecule has 0 radical (unpaired) electrons.